The number of rotatable bonds is 9. The van der Waals surface area contributed by atoms with Crippen LogP contribution >= 0.6 is 0 Å². The number of nitrogens with zero attached hydrogens (tertiary/aromatic N) is 4. The number of pyridine rings is 1. The minimum Gasteiger partial charge on any atom is -0.349 e. The molecule has 2 aromatic heterocycles. The second kappa shape index (κ2) is 11.6. The molecule has 0 bridgehead atoms. The molecule has 3 atom stereocenters. The highest BCUT2D eigenvalue weighted by Crippen LogP contribution is 2.28. The van der Waals surface area contributed by atoms with Gasteiger partial charge in [0.15, 0.2) is 0 Å². The zero-order valence-corrected chi connectivity index (χ0v) is 19.6. The molecule has 1 aliphatic heterocycles. The minimum atomic E-state index is 0.00247. The molecule has 2 aromatic rings. The van der Waals surface area contributed by atoms with Gasteiger partial charge in [-0.1, -0.05) is 39.0 Å². The van der Waals surface area contributed by atoms with Gasteiger partial charge in [0.2, 0.25) is 0 Å². The van der Waals surface area contributed by atoms with Crippen molar-refractivity contribution >= 4 is 5.91 Å². The molecule has 1 N–H and O–H groups in total. The number of amides is 1. The average molecular weight is 438 g/mol. The number of unbranched alkanes of at least 4 members (excludes halogenated alkanes) is 2. The van der Waals surface area contributed by atoms with Crippen molar-refractivity contribution < 1.29 is 4.79 Å². The van der Waals surface area contributed by atoms with Gasteiger partial charge >= 0.3 is 0 Å². The maximum Gasteiger partial charge on any atom is 0.253 e. The number of aromatic nitrogens is 3. The Morgan fingerprint density at radius 1 is 1.16 bits per heavy atom. The van der Waals surface area contributed by atoms with Gasteiger partial charge in [-0.05, 0) is 62.6 Å². The van der Waals surface area contributed by atoms with Crippen LogP contribution in [0.25, 0.3) is 5.82 Å². The summed E-state index contributed by atoms with van der Waals surface area (Å²) in [6.07, 6.45) is 19.9. The summed E-state index contributed by atoms with van der Waals surface area (Å²) in [5, 5.41) is 3.36. The van der Waals surface area contributed by atoms with Gasteiger partial charge in [-0.3, -0.25) is 9.36 Å². The van der Waals surface area contributed by atoms with Crippen LogP contribution in [-0.2, 0) is 0 Å². The molecule has 2 unspecified atom stereocenters. The van der Waals surface area contributed by atoms with E-state index >= 15 is 0 Å². The van der Waals surface area contributed by atoms with E-state index in [1.807, 2.05) is 22.9 Å². The maximum atomic E-state index is 13.0. The van der Waals surface area contributed by atoms with Crippen LogP contribution in [0.2, 0.25) is 0 Å². The van der Waals surface area contributed by atoms with Crippen molar-refractivity contribution in [1.82, 2.24) is 24.8 Å². The summed E-state index contributed by atoms with van der Waals surface area (Å²) in [5.41, 5.74) is 0.632. The van der Waals surface area contributed by atoms with Crippen molar-refractivity contribution in [2.24, 2.45) is 11.8 Å². The number of piperidine rings is 1. The zero-order valence-electron chi connectivity index (χ0n) is 19.6. The van der Waals surface area contributed by atoms with Gasteiger partial charge in [-0.15, -0.1) is 0 Å². The lowest BCUT2D eigenvalue weighted by Gasteiger charge is -2.39. The van der Waals surface area contributed by atoms with Gasteiger partial charge in [0.25, 0.3) is 5.91 Å². The zero-order chi connectivity index (χ0) is 22.2. The lowest BCUT2D eigenvalue weighted by Crippen LogP contribution is -2.48. The van der Waals surface area contributed by atoms with Crippen molar-refractivity contribution in [2.75, 3.05) is 19.6 Å². The third-order valence-electron chi connectivity index (χ3n) is 7.32. The summed E-state index contributed by atoms with van der Waals surface area (Å²) in [6, 6.07) is 4.01. The summed E-state index contributed by atoms with van der Waals surface area (Å²) < 4.78 is 1.84. The summed E-state index contributed by atoms with van der Waals surface area (Å²) in [7, 11) is 0. The first-order valence-corrected chi connectivity index (χ1v) is 12.7. The van der Waals surface area contributed by atoms with E-state index < -0.39 is 0 Å². The number of nitrogens with one attached hydrogen (secondary N) is 1. The minimum absolute atomic E-state index is 0.00247. The molecule has 4 rings (SSSR count). The molecule has 0 aromatic carbocycles. The van der Waals surface area contributed by atoms with E-state index in [4.69, 9.17) is 0 Å². The molecule has 6 nitrogen and oxygen atoms in total. The summed E-state index contributed by atoms with van der Waals surface area (Å²) in [6.45, 7) is 5.89. The first-order chi connectivity index (χ1) is 15.7. The first-order valence-electron chi connectivity index (χ1n) is 12.7. The fourth-order valence-electron chi connectivity index (χ4n) is 5.50. The van der Waals surface area contributed by atoms with E-state index in [0.29, 0.717) is 11.5 Å². The molecular weight excluding hydrogens is 398 g/mol. The van der Waals surface area contributed by atoms with Gasteiger partial charge in [0.1, 0.15) is 12.1 Å². The molecule has 174 valence electrons. The van der Waals surface area contributed by atoms with Crippen LogP contribution < -0.4 is 5.32 Å². The molecule has 1 saturated heterocycles. The SMILES string of the molecule is CCCCC[C@H]1CCCN(CC2CCCCC2NC(=O)c2ccc(-n3ccnc3)nc2)C1. The van der Waals surface area contributed by atoms with Crippen molar-refractivity contribution in [3.63, 3.8) is 0 Å². The van der Waals surface area contributed by atoms with E-state index in [1.54, 1.807) is 18.7 Å². The number of imidazole rings is 1. The molecule has 2 fully saturated rings. The first kappa shape index (κ1) is 23.0. The van der Waals surface area contributed by atoms with E-state index in [2.05, 4.69) is 27.1 Å². The summed E-state index contributed by atoms with van der Waals surface area (Å²) >= 11 is 0. The Labute approximate surface area is 192 Å². The van der Waals surface area contributed by atoms with Gasteiger partial charge in [0, 0.05) is 37.7 Å². The third kappa shape index (κ3) is 6.18. The number of carbonyl (C=O) groups excluding carboxylic acids is 1. The fourth-order valence-corrected chi connectivity index (χ4v) is 5.50. The summed E-state index contributed by atoms with van der Waals surface area (Å²) in [4.78, 5) is 24.1. The molecule has 1 saturated carbocycles. The van der Waals surface area contributed by atoms with Crippen LogP contribution in [0, 0.1) is 11.8 Å². The number of likely N-dealkylation sites (tertiary alicyclic amines) is 1. The number of hydrogen-bond donors (Lipinski definition) is 1. The van der Waals surface area contributed by atoms with Crippen LogP contribution in [0.4, 0.5) is 0 Å². The van der Waals surface area contributed by atoms with Crippen LogP contribution in [0.3, 0.4) is 0 Å². The van der Waals surface area contributed by atoms with Crippen LogP contribution in [0.15, 0.2) is 37.1 Å². The monoisotopic (exact) mass is 437 g/mol. The second-order valence-electron chi connectivity index (χ2n) is 9.76. The Morgan fingerprint density at radius 2 is 2.06 bits per heavy atom. The van der Waals surface area contributed by atoms with Gasteiger partial charge < -0.3 is 10.2 Å². The molecule has 0 radical (unpaired) electrons. The lowest BCUT2D eigenvalue weighted by molar-refractivity contribution is 0.0852. The van der Waals surface area contributed by atoms with Crippen LogP contribution in [-0.4, -0.2) is 51.0 Å². The topological polar surface area (TPSA) is 63.1 Å². The smallest absolute Gasteiger partial charge is 0.253 e. The molecule has 2 aliphatic rings. The predicted molar refractivity (Wildman–Crippen MR) is 128 cm³/mol. The Bertz CT molecular complexity index is 819. The van der Waals surface area contributed by atoms with Crippen molar-refractivity contribution in [3.05, 3.63) is 42.6 Å². The van der Waals surface area contributed by atoms with Gasteiger partial charge in [-0.2, -0.15) is 0 Å². The molecule has 0 spiro atoms. The molecule has 32 heavy (non-hydrogen) atoms. The largest absolute Gasteiger partial charge is 0.349 e. The predicted octanol–water partition coefficient (Wildman–Crippen LogP) is 4.85. The number of carbonyl (C=O) groups is 1. The normalized spacial score (nSPS) is 24.3. The molecular formula is C26H39N5O. The standard InChI is InChI=1S/C26H39N5O/c1-2-3-4-8-21-9-7-15-30(18-21)19-23-10-5-6-11-24(23)29-26(32)22-12-13-25(28-17-22)31-16-14-27-20-31/h12-14,16-17,20-21,23-24H,2-11,15,18-19H2,1H3,(H,29,32)/t21-,23?,24?/m0/s1. The highest BCUT2D eigenvalue weighted by molar-refractivity contribution is 5.94. The fraction of sp³-hybridized carbons (Fsp3) is 0.654. The molecule has 3 heterocycles. The van der Waals surface area contributed by atoms with Crippen molar-refractivity contribution in [2.45, 2.75) is 77.2 Å². The van der Waals surface area contributed by atoms with Crippen LogP contribution in [0.5, 0.6) is 0 Å². The van der Waals surface area contributed by atoms with Crippen molar-refractivity contribution in [1.29, 1.82) is 0 Å². The molecule has 1 aliphatic carbocycles. The van der Waals surface area contributed by atoms with E-state index in [-0.39, 0.29) is 11.9 Å². The van der Waals surface area contributed by atoms with Gasteiger partial charge in [-0.25, -0.2) is 9.97 Å². The third-order valence-corrected chi connectivity index (χ3v) is 7.32. The summed E-state index contributed by atoms with van der Waals surface area (Å²) in [5.74, 6) is 2.20. The van der Waals surface area contributed by atoms with Crippen molar-refractivity contribution in [3.8, 4) is 5.82 Å². The van der Waals surface area contributed by atoms with E-state index in [0.717, 1.165) is 24.7 Å². The molecule has 1 amide bonds. The average Bonchev–Trinajstić information content (AvgIpc) is 3.36. The highest BCUT2D eigenvalue weighted by Gasteiger charge is 2.30. The Morgan fingerprint density at radius 3 is 2.84 bits per heavy atom. The highest BCUT2D eigenvalue weighted by atomic mass is 16.1. The quantitative estimate of drug-likeness (QED) is 0.570. The lowest BCUT2D eigenvalue weighted by atomic mass is 9.83. The Hall–Kier alpha value is -2.21. The van der Waals surface area contributed by atoms with Crippen LogP contribution in [0.1, 0.15) is 81.5 Å². The number of hydrogen-bond acceptors (Lipinski definition) is 4. The maximum absolute atomic E-state index is 13.0. The molecule has 6 heteroatoms. The van der Waals surface area contributed by atoms with E-state index in [9.17, 15) is 4.79 Å². The van der Waals surface area contributed by atoms with E-state index in [1.165, 1.54) is 70.9 Å². The Balaban J connectivity index is 1.31. The van der Waals surface area contributed by atoms with Gasteiger partial charge in [0.05, 0.1) is 5.56 Å². The Kier molecular flexibility index (Phi) is 8.32. The second-order valence-corrected chi connectivity index (χ2v) is 9.76.